The Morgan fingerprint density at radius 3 is 2.68 bits per heavy atom. The number of pyridine rings is 1. The number of urea groups is 1. The number of hydrogen-bond donors (Lipinski definition) is 3. The summed E-state index contributed by atoms with van der Waals surface area (Å²) in [5, 5.41) is 11.7. The van der Waals surface area contributed by atoms with Crippen LogP contribution in [-0.2, 0) is 4.79 Å². The van der Waals surface area contributed by atoms with Crippen molar-refractivity contribution in [2.45, 2.75) is 32.6 Å². The lowest BCUT2D eigenvalue weighted by atomic mass is 9.89. The Labute approximate surface area is 197 Å². The van der Waals surface area contributed by atoms with Crippen LogP contribution in [0.3, 0.4) is 0 Å². The second-order valence-corrected chi connectivity index (χ2v) is 8.67. The molecule has 34 heavy (non-hydrogen) atoms. The number of hydrogen-bond acceptors (Lipinski definition) is 4. The van der Waals surface area contributed by atoms with E-state index in [4.69, 9.17) is 0 Å². The van der Waals surface area contributed by atoms with E-state index in [1.54, 1.807) is 4.90 Å². The van der Waals surface area contributed by atoms with Crippen LogP contribution >= 0.6 is 0 Å². The third-order valence-corrected chi connectivity index (χ3v) is 6.23. The first-order chi connectivity index (χ1) is 16.5. The number of para-hydroxylation sites is 1. The van der Waals surface area contributed by atoms with Gasteiger partial charge in [0, 0.05) is 29.6 Å². The Bertz CT molecular complexity index is 1370. The lowest BCUT2D eigenvalue weighted by molar-refractivity contribution is -0.107. The van der Waals surface area contributed by atoms with Crippen LogP contribution in [-0.4, -0.2) is 52.0 Å². The van der Waals surface area contributed by atoms with E-state index in [1.165, 1.54) is 16.5 Å². The van der Waals surface area contributed by atoms with Gasteiger partial charge in [-0.15, -0.1) is 0 Å². The minimum atomic E-state index is -0.219. The van der Waals surface area contributed by atoms with Gasteiger partial charge in [0.1, 0.15) is 6.29 Å². The van der Waals surface area contributed by atoms with E-state index < -0.39 is 0 Å². The van der Waals surface area contributed by atoms with E-state index in [9.17, 15) is 14.4 Å². The summed E-state index contributed by atoms with van der Waals surface area (Å²) in [4.78, 5) is 39.1. The van der Waals surface area contributed by atoms with Crippen molar-refractivity contribution in [3.8, 4) is 0 Å². The molecule has 0 unspecified atom stereocenters. The van der Waals surface area contributed by atoms with Crippen LogP contribution in [0.4, 0.5) is 4.79 Å². The molecule has 8 heteroatoms. The van der Waals surface area contributed by atoms with Gasteiger partial charge in [-0.2, -0.15) is 5.10 Å². The third kappa shape index (κ3) is 5.17. The number of carbonyl (C=O) groups excluding carboxylic acids is 2. The van der Waals surface area contributed by atoms with Crippen LogP contribution in [0.1, 0.15) is 35.4 Å². The van der Waals surface area contributed by atoms with Crippen molar-refractivity contribution < 1.29 is 9.59 Å². The number of aromatic amines is 2. The summed E-state index contributed by atoms with van der Waals surface area (Å²) >= 11 is 0. The highest BCUT2D eigenvalue weighted by Gasteiger charge is 2.25. The number of fused-ring (bicyclic) bond motifs is 2. The smallest absolute Gasteiger partial charge is 0.317 e. The maximum absolute atomic E-state index is 12.3. The number of rotatable bonds is 3. The number of nitrogens with one attached hydrogen (secondary N) is 3. The van der Waals surface area contributed by atoms with Crippen LogP contribution < -0.4 is 10.9 Å². The molecule has 2 aromatic carbocycles. The molecule has 176 valence electrons. The summed E-state index contributed by atoms with van der Waals surface area (Å²) in [6, 6.07) is 13.7. The SMILES string of the molecule is Cc1cc(C)c2[nH]ncc2c1.O=CCNC(=O)N1CCC(c2cc3ccccc3[nH]c2=O)CC1. The molecule has 3 heterocycles. The second-order valence-electron chi connectivity index (χ2n) is 8.67. The van der Waals surface area contributed by atoms with E-state index in [2.05, 4.69) is 46.5 Å². The fourth-order valence-electron chi connectivity index (χ4n) is 4.52. The molecule has 0 radical (unpaired) electrons. The number of benzene rings is 2. The molecule has 1 saturated heterocycles. The third-order valence-electron chi connectivity index (χ3n) is 6.23. The second kappa shape index (κ2) is 10.3. The summed E-state index contributed by atoms with van der Waals surface area (Å²) in [5.74, 6) is 0.151. The molecule has 2 aromatic heterocycles. The minimum absolute atomic E-state index is 0.0309. The quantitative estimate of drug-likeness (QED) is 0.405. The van der Waals surface area contributed by atoms with E-state index >= 15 is 0 Å². The van der Waals surface area contributed by atoms with Crippen LogP contribution in [0.15, 0.2) is 53.5 Å². The van der Waals surface area contributed by atoms with Gasteiger partial charge in [0.2, 0.25) is 0 Å². The van der Waals surface area contributed by atoms with Gasteiger partial charge in [0.25, 0.3) is 5.56 Å². The Kier molecular flexibility index (Phi) is 7.06. The normalized spacial score (nSPS) is 14.0. The fraction of sp³-hybridized carbons (Fsp3) is 0.308. The van der Waals surface area contributed by atoms with Gasteiger partial charge >= 0.3 is 6.03 Å². The molecule has 0 saturated carbocycles. The molecule has 0 spiro atoms. The summed E-state index contributed by atoms with van der Waals surface area (Å²) in [6.07, 6.45) is 4.01. The number of H-pyrrole nitrogens is 2. The van der Waals surface area contributed by atoms with E-state index in [1.807, 2.05) is 36.5 Å². The lowest BCUT2D eigenvalue weighted by Crippen LogP contribution is -2.45. The van der Waals surface area contributed by atoms with Crippen molar-refractivity contribution >= 4 is 34.1 Å². The Morgan fingerprint density at radius 1 is 1.15 bits per heavy atom. The van der Waals surface area contributed by atoms with Gasteiger partial charge in [0.05, 0.1) is 18.3 Å². The highest BCUT2D eigenvalue weighted by atomic mass is 16.2. The van der Waals surface area contributed by atoms with Gasteiger partial charge in [-0.25, -0.2) is 4.79 Å². The number of piperidine rings is 1. The van der Waals surface area contributed by atoms with Crippen LogP contribution in [0.25, 0.3) is 21.8 Å². The van der Waals surface area contributed by atoms with Gasteiger partial charge in [-0.05, 0) is 61.8 Å². The van der Waals surface area contributed by atoms with E-state index in [0.717, 1.165) is 34.8 Å². The summed E-state index contributed by atoms with van der Waals surface area (Å²) in [6.45, 7) is 5.39. The molecule has 1 aliphatic heterocycles. The fourth-order valence-corrected chi connectivity index (χ4v) is 4.52. The molecule has 8 nitrogen and oxygen atoms in total. The van der Waals surface area contributed by atoms with Crippen molar-refractivity contribution in [3.05, 3.63) is 75.7 Å². The number of aryl methyl sites for hydroxylation is 2. The highest BCUT2D eigenvalue weighted by Crippen LogP contribution is 2.27. The predicted octanol–water partition coefficient (Wildman–Crippen LogP) is 3.80. The van der Waals surface area contributed by atoms with Crippen molar-refractivity contribution in [2.24, 2.45) is 0 Å². The zero-order chi connectivity index (χ0) is 24.1. The molecular formula is C26H29N5O3. The first-order valence-electron chi connectivity index (χ1n) is 11.4. The number of nitrogens with zero attached hydrogens (tertiary/aromatic N) is 2. The summed E-state index contributed by atoms with van der Waals surface area (Å²) < 4.78 is 0. The van der Waals surface area contributed by atoms with E-state index in [0.29, 0.717) is 19.4 Å². The maximum atomic E-state index is 12.3. The van der Waals surface area contributed by atoms with Crippen molar-refractivity contribution in [3.63, 3.8) is 0 Å². The molecule has 4 aromatic rings. The standard InChI is InChI=1S/C17H19N3O3.C9H10N2/c21-10-7-18-17(23)20-8-5-12(6-9-20)14-11-13-3-1-2-4-15(13)19-16(14)22;1-6-3-7(2)9-8(4-6)5-10-11-9/h1-4,10-12H,5-9H2,(H,18,23)(H,19,22);3-5H,1-2H3,(H,10,11). The molecule has 0 bridgehead atoms. The average molecular weight is 460 g/mol. The van der Waals surface area contributed by atoms with Crippen LogP contribution in [0, 0.1) is 13.8 Å². The van der Waals surface area contributed by atoms with Gasteiger partial charge in [-0.3, -0.25) is 9.89 Å². The first kappa shape index (κ1) is 23.2. The topological polar surface area (TPSA) is 111 Å². The molecule has 0 atom stereocenters. The number of aldehydes is 1. The summed E-state index contributed by atoms with van der Waals surface area (Å²) in [7, 11) is 0. The largest absolute Gasteiger partial charge is 0.331 e. The van der Waals surface area contributed by atoms with Crippen LogP contribution in [0.5, 0.6) is 0 Å². The van der Waals surface area contributed by atoms with Gasteiger partial charge in [0.15, 0.2) is 0 Å². The number of likely N-dealkylation sites (tertiary alicyclic amines) is 1. The first-order valence-corrected chi connectivity index (χ1v) is 11.4. The minimum Gasteiger partial charge on any atom is -0.331 e. The Hall–Kier alpha value is -3.94. The van der Waals surface area contributed by atoms with Crippen LogP contribution in [0.2, 0.25) is 0 Å². The average Bonchev–Trinajstić information content (AvgIpc) is 3.31. The molecule has 1 fully saturated rings. The zero-order valence-electron chi connectivity index (χ0n) is 19.4. The zero-order valence-corrected chi connectivity index (χ0v) is 19.4. The lowest BCUT2D eigenvalue weighted by Gasteiger charge is -2.31. The maximum Gasteiger partial charge on any atom is 0.317 e. The van der Waals surface area contributed by atoms with Crippen molar-refractivity contribution in [2.75, 3.05) is 19.6 Å². The molecular weight excluding hydrogens is 430 g/mol. The molecule has 3 N–H and O–H groups in total. The number of carbonyl (C=O) groups is 2. The number of aromatic nitrogens is 3. The Balaban J connectivity index is 0.000000207. The highest BCUT2D eigenvalue weighted by molar-refractivity contribution is 5.82. The van der Waals surface area contributed by atoms with Crippen molar-refractivity contribution in [1.29, 1.82) is 0 Å². The number of amides is 2. The van der Waals surface area contributed by atoms with Gasteiger partial charge < -0.3 is 20.0 Å². The molecule has 1 aliphatic rings. The van der Waals surface area contributed by atoms with Crippen molar-refractivity contribution in [1.82, 2.24) is 25.4 Å². The monoisotopic (exact) mass is 459 g/mol. The molecule has 2 amide bonds. The van der Waals surface area contributed by atoms with E-state index in [-0.39, 0.29) is 24.1 Å². The Morgan fingerprint density at radius 2 is 1.91 bits per heavy atom. The molecule has 0 aliphatic carbocycles. The molecule has 5 rings (SSSR count). The summed E-state index contributed by atoms with van der Waals surface area (Å²) in [5.41, 5.74) is 5.28. The predicted molar refractivity (Wildman–Crippen MR) is 133 cm³/mol. The van der Waals surface area contributed by atoms with Gasteiger partial charge in [-0.1, -0.05) is 29.8 Å².